The molecule has 6 heteroatoms. The van der Waals surface area contributed by atoms with Gasteiger partial charge in [-0.05, 0) is 53.6 Å². The second-order valence-corrected chi connectivity index (χ2v) is 6.23. The first kappa shape index (κ1) is 20.7. The molecule has 0 heterocycles. The van der Waals surface area contributed by atoms with Gasteiger partial charge in [-0.2, -0.15) is 5.10 Å². The van der Waals surface area contributed by atoms with E-state index in [4.69, 9.17) is 20.6 Å². The van der Waals surface area contributed by atoms with Crippen LogP contribution in [0, 0.1) is 12.3 Å². The quantitative estimate of drug-likeness (QED) is 0.351. The maximum absolute atomic E-state index is 12.6. The Morgan fingerprint density at radius 1 is 1.07 bits per heavy atom. The zero-order valence-corrected chi connectivity index (χ0v) is 16.8. The monoisotopic (exact) mass is 402 g/mol. The summed E-state index contributed by atoms with van der Waals surface area (Å²) in [6, 6.07) is 16.7. The lowest BCUT2D eigenvalue weighted by atomic mass is 10.1. The number of hydrogen-bond donors (Lipinski definition) is 1. The van der Waals surface area contributed by atoms with E-state index < -0.39 is 0 Å². The molecular formula is C24H22N2O4. The number of carbonyl (C=O) groups excluding carboxylic acids is 1. The highest BCUT2D eigenvalue weighted by Crippen LogP contribution is 2.28. The molecule has 0 aromatic heterocycles. The summed E-state index contributed by atoms with van der Waals surface area (Å²) in [5.74, 6) is 3.64. The Morgan fingerprint density at radius 3 is 2.53 bits per heavy atom. The number of terminal acetylenes is 1. The van der Waals surface area contributed by atoms with E-state index >= 15 is 0 Å². The number of benzene rings is 3. The molecule has 0 atom stereocenters. The number of rotatable bonds is 8. The molecule has 0 spiro atoms. The molecule has 0 radical (unpaired) electrons. The number of nitrogens with one attached hydrogen (secondary N) is 1. The maximum atomic E-state index is 12.6. The molecule has 152 valence electrons. The molecule has 0 aliphatic heterocycles. The third-order valence-corrected chi connectivity index (χ3v) is 4.27. The van der Waals surface area contributed by atoms with Crippen LogP contribution in [0.25, 0.3) is 10.8 Å². The fourth-order valence-electron chi connectivity index (χ4n) is 2.90. The minimum absolute atomic E-state index is 0.150. The Balaban J connectivity index is 1.76. The predicted molar refractivity (Wildman–Crippen MR) is 117 cm³/mol. The predicted octanol–water partition coefficient (Wildman–Crippen LogP) is 4.02. The van der Waals surface area contributed by atoms with Crippen molar-refractivity contribution < 1.29 is 19.0 Å². The van der Waals surface area contributed by atoms with Crippen molar-refractivity contribution in [3.63, 3.8) is 0 Å². The molecule has 3 aromatic carbocycles. The molecule has 1 amide bonds. The lowest BCUT2D eigenvalue weighted by Crippen LogP contribution is -2.18. The molecule has 0 fully saturated rings. The Morgan fingerprint density at radius 2 is 1.83 bits per heavy atom. The van der Waals surface area contributed by atoms with Gasteiger partial charge in [-0.15, -0.1) is 6.42 Å². The van der Waals surface area contributed by atoms with E-state index in [1.165, 1.54) is 13.3 Å². The average Bonchev–Trinajstić information content (AvgIpc) is 2.77. The summed E-state index contributed by atoms with van der Waals surface area (Å²) >= 11 is 0. The third-order valence-electron chi connectivity index (χ3n) is 4.27. The first-order chi connectivity index (χ1) is 14.7. The Labute approximate surface area is 175 Å². The van der Waals surface area contributed by atoms with Gasteiger partial charge >= 0.3 is 0 Å². The van der Waals surface area contributed by atoms with Crippen LogP contribution in [0.15, 0.2) is 59.7 Å². The first-order valence-electron chi connectivity index (χ1n) is 9.39. The summed E-state index contributed by atoms with van der Waals surface area (Å²) in [6.07, 6.45) is 6.76. The molecule has 30 heavy (non-hydrogen) atoms. The molecule has 0 unspecified atom stereocenters. The molecule has 0 saturated carbocycles. The molecule has 3 aromatic rings. The van der Waals surface area contributed by atoms with Crippen LogP contribution in [0.3, 0.4) is 0 Å². The van der Waals surface area contributed by atoms with Gasteiger partial charge < -0.3 is 14.2 Å². The molecule has 0 bridgehead atoms. The van der Waals surface area contributed by atoms with E-state index in [2.05, 4.69) is 16.4 Å². The zero-order valence-electron chi connectivity index (χ0n) is 16.8. The van der Waals surface area contributed by atoms with Crippen molar-refractivity contribution in [3.05, 3.63) is 65.7 Å². The lowest BCUT2D eigenvalue weighted by Gasteiger charge is -2.11. The Kier molecular flexibility index (Phi) is 6.91. The van der Waals surface area contributed by atoms with Crippen molar-refractivity contribution in [2.24, 2.45) is 5.10 Å². The third kappa shape index (κ3) is 4.89. The van der Waals surface area contributed by atoms with Crippen LogP contribution >= 0.6 is 0 Å². The van der Waals surface area contributed by atoms with E-state index in [1.807, 2.05) is 37.3 Å². The average molecular weight is 402 g/mol. The van der Waals surface area contributed by atoms with Crippen molar-refractivity contribution in [3.8, 4) is 29.6 Å². The molecule has 0 aliphatic rings. The van der Waals surface area contributed by atoms with Crippen LogP contribution in [0.1, 0.15) is 22.8 Å². The molecule has 0 saturated heterocycles. The van der Waals surface area contributed by atoms with E-state index in [-0.39, 0.29) is 12.5 Å². The van der Waals surface area contributed by atoms with Crippen LogP contribution in [0.5, 0.6) is 17.2 Å². The van der Waals surface area contributed by atoms with Crippen molar-refractivity contribution in [2.45, 2.75) is 6.92 Å². The van der Waals surface area contributed by atoms with E-state index in [1.54, 1.807) is 24.3 Å². The van der Waals surface area contributed by atoms with Crippen LogP contribution in [-0.4, -0.2) is 32.4 Å². The molecular weight excluding hydrogens is 380 g/mol. The molecule has 6 nitrogen and oxygen atoms in total. The van der Waals surface area contributed by atoms with E-state index in [0.717, 1.165) is 16.3 Å². The topological polar surface area (TPSA) is 69.2 Å². The number of carbonyl (C=O) groups is 1. The second-order valence-electron chi connectivity index (χ2n) is 6.23. The largest absolute Gasteiger partial charge is 0.496 e. The Hall–Kier alpha value is -3.98. The van der Waals surface area contributed by atoms with Crippen LogP contribution in [0.2, 0.25) is 0 Å². The van der Waals surface area contributed by atoms with Gasteiger partial charge in [-0.3, -0.25) is 4.79 Å². The Bertz CT molecular complexity index is 1120. The fraction of sp³-hybridized carbons (Fsp3) is 0.167. The summed E-state index contributed by atoms with van der Waals surface area (Å²) in [4.78, 5) is 12.6. The number of fused-ring (bicyclic) bond motifs is 1. The van der Waals surface area contributed by atoms with Gasteiger partial charge in [0.05, 0.1) is 25.5 Å². The van der Waals surface area contributed by atoms with Crippen LogP contribution in [-0.2, 0) is 0 Å². The number of methoxy groups -OCH3 is 1. The number of nitrogens with zero attached hydrogens (tertiary/aromatic N) is 1. The SMILES string of the molecule is C#CCOc1ccc(C=NNC(=O)c2cc3ccccc3cc2OC)cc1OCC. The second kappa shape index (κ2) is 9.99. The molecule has 3 rings (SSSR count). The van der Waals surface area contributed by atoms with Crippen molar-refractivity contribution in [2.75, 3.05) is 20.3 Å². The first-order valence-corrected chi connectivity index (χ1v) is 9.39. The number of amides is 1. The van der Waals surface area contributed by atoms with E-state index in [0.29, 0.717) is 29.4 Å². The van der Waals surface area contributed by atoms with Gasteiger partial charge in [0.1, 0.15) is 12.4 Å². The van der Waals surface area contributed by atoms with Gasteiger partial charge in [0, 0.05) is 0 Å². The van der Waals surface area contributed by atoms with Crippen LogP contribution in [0.4, 0.5) is 0 Å². The number of ether oxygens (including phenoxy) is 3. The van der Waals surface area contributed by atoms with E-state index in [9.17, 15) is 4.79 Å². The van der Waals surface area contributed by atoms with Crippen molar-refractivity contribution in [1.82, 2.24) is 5.43 Å². The van der Waals surface area contributed by atoms with Crippen LogP contribution < -0.4 is 19.6 Å². The molecule has 0 aliphatic carbocycles. The smallest absolute Gasteiger partial charge is 0.275 e. The number of hydrazone groups is 1. The summed E-state index contributed by atoms with van der Waals surface area (Å²) in [6.45, 7) is 2.51. The fourth-order valence-corrected chi connectivity index (χ4v) is 2.90. The summed E-state index contributed by atoms with van der Waals surface area (Å²) in [7, 11) is 1.53. The summed E-state index contributed by atoms with van der Waals surface area (Å²) in [5.41, 5.74) is 3.68. The van der Waals surface area contributed by atoms with Gasteiger partial charge in [0.25, 0.3) is 5.91 Å². The molecule has 1 N–H and O–H groups in total. The lowest BCUT2D eigenvalue weighted by molar-refractivity contribution is 0.0952. The highest BCUT2D eigenvalue weighted by Gasteiger charge is 2.13. The highest BCUT2D eigenvalue weighted by molar-refractivity contribution is 6.02. The van der Waals surface area contributed by atoms with Gasteiger partial charge in [-0.25, -0.2) is 5.43 Å². The number of hydrogen-bond acceptors (Lipinski definition) is 5. The van der Waals surface area contributed by atoms with Gasteiger partial charge in [0.15, 0.2) is 11.5 Å². The summed E-state index contributed by atoms with van der Waals surface area (Å²) < 4.78 is 16.4. The highest BCUT2D eigenvalue weighted by atomic mass is 16.5. The standard InChI is InChI=1S/C24H22N2O4/c1-4-12-30-21-11-10-17(13-23(21)29-5-2)16-25-26-24(27)20-14-18-8-6-7-9-19(18)15-22(20)28-3/h1,6-11,13-16H,5,12H2,2-3H3,(H,26,27). The summed E-state index contributed by atoms with van der Waals surface area (Å²) in [5, 5.41) is 5.99. The van der Waals surface area contributed by atoms with Gasteiger partial charge in [-0.1, -0.05) is 30.2 Å². The minimum Gasteiger partial charge on any atom is -0.496 e. The van der Waals surface area contributed by atoms with Crippen molar-refractivity contribution >= 4 is 22.9 Å². The normalized spacial score (nSPS) is 10.6. The zero-order chi connectivity index (χ0) is 21.3. The van der Waals surface area contributed by atoms with Crippen molar-refractivity contribution in [1.29, 1.82) is 0 Å². The van der Waals surface area contributed by atoms with Gasteiger partial charge in [0.2, 0.25) is 0 Å². The maximum Gasteiger partial charge on any atom is 0.275 e. The minimum atomic E-state index is -0.368.